The molecule has 0 bridgehead atoms. The zero-order valence-corrected chi connectivity index (χ0v) is 11.5. The van der Waals surface area contributed by atoms with Crippen molar-refractivity contribution in [2.45, 2.75) is 4.84 Å². The van der Waals surface area contributed by atoms with Crippen LogP contribution in [-0.2, 0) is 0 Å². The Bertz CT molecular complexity index is 526. The summed E-state index contributed by atoms with van der Waals surface area (Å²) in [6, 6.07) is 11.3. The molecule has 0 aliphatic carbocycles. The molecule has 5 heteroatoms. The maximum Gasteiger partial charge on any atom is 0.137 e. The van der Waals surface area contributed by atoms with Gasteiger partial charge in [-0.2, -0.15) is 0 Å². The summed E-state index contributed by atoms with van der Waals surface area (Å²) in [6.45, 7) is 0. The van der Waals surface area contributed by atoms with Gasteiger partial charge in [-0.3, -0.25) is 0 Å². The third-order valence-electron chi connectivity index (χ3n) is 2.28. The van der Waals surface area contributed by atoms with Gasteiger partial charge in [0.1, 0.15) is 15.1 Å². The lowest BCUT2D eigenvalue weighted by molar-refractivity contribution is 1.23. The first-order chi connectivity index (χ1) is 8.09. The lowest BCUT2D eigenvalue weighted by Gasteiger charge is -2.12. The summed E-state index contributed by atoms with van der Waals surface area (Å²) in [5, 5.41) is 0.540. The molecule has 2 rings (SSSR count). The molecule has 0 atom stereocenters. The molecule has 0 saturated carbocycles. The molecule has 0 unspecified atom stereocenters. The number of pyridine rings is 1. The Morgan fingerprint density at radius 2 is 1.65 bits per heavy atom. The van der Waals surface area contributed by atoms with Gasteiger partial charge in [0, 0.05) is 5.56 Å². The van der Waals surface area contributed by atoms with Crippen LogP contribution in [0.2, 0.25) is 10.3 Å². The minimum Gasteiger partial charge on any atom is -0.224 e. The molecule has 0 saturated heterocycles. The number of hydrogen-bond donors (Lipinski definition) is 0. The average molecular weight is 307 g/mol. The molecule has 0 amide bonds. The van der Waals surface area contributed by atoms with E-state index in [0.717, 1.165) is 11.1 Å². The largest absolute Gasteiger partial charge is 0.224 e. The van der Waals surface area contributed by atoms with Gasteiger partial charge in [-0.05, 0) is 17.2 Å². The molecule has 0 radical (unpaired) electrons. The summed E-state index contributed by atoms with van der Waals surface area (Å²) in [7, 11) is 0. The SMILES string of the molecule is Clc1cc(-c2ccccc2)c(C(Cl)Cl)c(Cl)n1. The van der Waals surface area contributed by atoms with Crippen LogP contribution in [0.15, 0.2) is 36.4 Å². The molecule has 88 valence electrons. The van der Waals surface area contributed by atoms with Crippen LogP contribution in [0.5, 0.6) is 0 Å². The second kappa shape index (κ2) is 5.45. The van der Waals surface area contributed by atoms with Gasteiger partial charge >= 0.3 is 0 Å². The van der Waals surface area contributed by atoms with Gasteiger partial charge in [0.15, 0.2) is 0 Å². The van der Waals surface area contributed by atoms with E-state index in [4.69, 9.17) is 46.4 Å². The standard InChI is InChI=1S/C12H7Cl4N/c13-9-6-8(7-4-2-1-3-5-7)10(11(14)15)12(16)17-9/h1-6,11H. The lowest BCUT2D eigenvalue weighted by Crippen LogP contribution is -1.94. The molecule has 17 heavy (non-hydrogen) atoms. The van der Waals surface area contributed by atoms with Crippen molar-refractivity contribution in [2.75, 3.05) is 0 Å². The fourth-order valence-electron chi connectivity index (χ4n) is 1.56. The summed E-state index contributed by atoms with van der Waals surface area (Å²) in [4.78, 5) is 3.20. The minimum atomic E-state index is -0.748. The van der Waals surface area contributed by atoms with E-state index in [0.29, 0.717) is 10.7 Å². The monoisotopic (exact) mass is 305 g/mol. The summed E-state index contributed by atoms with van der Waals surface area (Å²) < 4.78 is 0. The van der Waals surface area contributed by atoms with Crippen molar-refractivity contribution >= 4 is 46.4 Å². The zero-order valence-electron chi connectivity index (χ0n) is 8.50. The van der Waals surface area contributed by atoms with Crippen LogP contribution in [0.1, 0.15) is 10.4 Å². The van der Waals surface area contributed by atoms with Crippen molar-refractivity contribution in [3.8, 4) is 11.1 Å². The van der Waals surface area contributed by atoms with E-state index in [1.165, 1.54) is 0 Å². The molecule has 2 aromatic rings. The van der Waals surface area contributed by atoms with Gasteiger partial charge in [0.2, 0.25) is 0 Å². The van der Waals surface area contributed by atoms with Gasteiger partial charge in [-0.1, -0.05) is 76.7 Å². The number of halogens is 4. The smallest absolute Gasteiger partial charge is 0.137 e. The predicted octanol–water partition coefficient (Wildman–Crippen LogP) is 5.53. The van der Waals surface area contributed by atoms with Crippen LogP contribution >= 0.6 is 46.4 Å². The summed E-state index contributed by atoms with van der Waals surface area (Å²) >= 11 is 23.7. The maximum atomic E-state index is 6.02. The fourth-order valence-corrected chi connectivity index (χ4v) is 2.65. The van der Waals surface area contributed by atoms with Gasteiger partial charge in [0.25, 0.3) is 0 Å². The summed E-state index contributed by atoms with van der Waals surface area (Å²) in [5.74, 6) is 0. The first-order valence-electron chi connectivity index (χ1n) is 4.79. The van der Waals surface area contributed by atoms with Gasteiger partial charge in [-0.15, -0.1) is 0 Å². The Balaban J connectivity index is 2.68. The van der Waals surface area contributed by atoms with E-state index in [-0.39, 0.29) is 5.15 Å². The zero-order chi connectivity index (χ0) is 12.4. The molecule has 1 nitrogen and oxygen atoms in total. The van der Waals surface area contributed by atoms with Crippen LogP contribution in [0, 0.1) is 0 Å². The van der Waals surface area contributed by atoms with Crippen LogP contribution < -0.4 is 0 Å². The molecule has 0 aliphatic rings. The number of benzene rings is 1. The Kier molecular flexibility index (Phi) is 4.16. The molecule has 0 spiro atoms. The van der Waals surface area contributed by atoms with Crippen molar-refractivity contribution in [3.05, 3.63) is 52.3 Å². The van der Waals surface area contributed by atoms with Crippen LogP contribution in [0.4, 0.5) is 0 Å². The van der Waals surface area contributed by atoms with Gasteiger partial charge in [-0.25, -0.2) is 4.98 Å². The third kappa shape index (κ3) is 2.86. The highest BCUT2D eigenvalue weighted by Gasteiger charge is 2.17. The number of hydrogen-bond acceptors (Lipinski definition) is 1. The van der Waals surface area contributed by atoms with E-state index < -0.39 is 4.84 Å². The van der Waals surface area contributed by atoms with Crippen LogP contribution in [0.3, 0.4) is 0 Å². The van der Waals surface area contributed by atoms with Crippen molar-refractivity contribution < 1.29 is 0 Å². The topological polar surface area (TPSA) is 12.9 Å². The fraction of sp³-hybridized carbons (Fsp3) is 0.0833. The second-order valence-corrected chi connectivity index (χ2v) is 5.21. The minimum absolute atomic E-state index is 0.228. The number of alkyl halides is 2. The summed E-state index contributed by atoms with van der Waals surface area (Å²) in [6.07, 6.45) is 0. The van der Waals surface area contributed by atoms with Crippen molar-refractivity contribution in [1.82, 2.24) is 4.98 Å². The third-order valence-corrected chi connectivity index (χ3v) is 3.20. The highest BCUT2D eigenvalue weighted by Crippen LogP contribution is 2.39. The number of nitrogens with zero attached hydrogens (tertiary/aromatic N) is 1. The molecule has 1 heterocycles. The quantitative estimate of drug-likeness (QED) is 0.525. The molecular weight excluding hydrogens is 300 g/mol. The normalized spacial score (nSPS) is 10.9. The Morgan fingerprint density at radius 3 is 2.24 bits per heavy atom. The van der Waals surface area contributed by atoms with E-state index in [1.54, 1.807) is 6.07 Å². The second-order valence-electron chi connectivity index (χ2n) is 3.36. The Morgan fingerprint density at radius 1 is 1.00 bits per heavy atom. The predicted molar refractivity (Wildman–Crippen MR) is 74.1 cm³/mol. The van der Waals surface area contributed by atoms with E-state index >= 15 is 0 Å². The lowest BCUT2D eigenvalue weighted by atomic mass is 10.0. The molecule has 0 aliphatic heterocycles. The number of rotatable bonds is 2. The van der Waals surface area contributed by atoms with Gasteiger partial charge < -0.3 is 0 Å². The summed E-state index contributed by atoms with van der Waals surface area (Å²) in [5.41, 5.74) is 2.32. The maximum absolute atomic E-state index is 6.02. The highest BCUT2D eigenvalue weighted by molar-refractivity contribution is 6.46. The Labute approximate surface area is 119 Å². The average Bonchev–Trinajstić information content (AvgIpc) is 2.28. The molecule has 0 fully saturated rings. The van der Waals surface area contributed by atoms with E-state index in [1.807, 2.05) is 30.3 Å². The first-order valence-corrected chi connectivity index (χ1v) is 6.42. The van der Waals surface area contributed by atoms with Crippen LogP contribution in [0.25, 0.3) is 11.1 Å². The van der Waals surface area contributed by atoms with E-state index in [2.05, 4.69) is 4.98 Å². The molecule has 0 N–H and O–H groups in total. The van der Waals surface area contributed by atoms with Crippen LogP contribution in [-0.4, -0.2) is 4.98 Å². The molecule has 1 aromatic carbocycles. The Hall–Kier alpha value is -0.470. The van der Waals surface area contributed by atoms with Gasteiger partial charge in [0.05, 0.1) is 0 Å². The molecule has 1 aromatic heterocycles. The molecular formula is C12H7Cl4N. The highest BCUT2D eigenvalue weighted by atomic mass is 35.5. The van der Waals surface area contributed by atoms with Crippen molar-refractivity contribution in [1.29, 1.82) is 0 Å². The van der Waals surface area contributed by atoms with Crippen molar-refractivity contribution in [3.63, 3.8) is 0 Å². The first kappa shape index (κ1) is 13.0. The number of aromatic nitrogens is 1. The van der Waals surface area contributed by atoms with E-state index in [9.17, 15) is 0 Å². The van der Waals surface area contributed by atoms with Crippen molar-refractivity contribution in [2.24, 2.45) is 0 Å².